The molecule has 1 aromatic carbocycles. The van der Waals surface area contributed by atoms with E-state index >= 15 is 0 Å². The molecule has 0 aliphatic heterocycles. The minimum absolute atomic E-state index is 0.257. The molecule has 2 atom stereocenters. The van der Waals surface area contributed by atoms with Gasteiger partial charge in [0, 0.05) is 12.1 Å². The van der Waals surface area contributed by atoms with Gasteiger partial charge in [-0.05, 0) is 43.4 Å². The molecule has 29 heavy (non-hydrogen) atoms. The van der Waals surface area contributed by atoms with Crippen LogP contribution in [-0.2, 0) is 0 Å². The summed E-state index contributed by atoms with van der Waals surface area (Å²) in [6.45, 7) is 5.69. The summed E-state index contributed by atoms with van der Waals surface area (Å²) in [6.07, 6.45) is 5.56. The second-order valence-electron chi connectivity index (χ2n) is 8.58. The van der Waals surface area contributed by atoms with Gasteiger partial charge in [0.2, 0.25) is 0 Å². The second kappa shape index (κ2) is 10.6. The molecular weight excluding hydrogens is 387 g/mol. The number of halogens is 5. The molecule has 6 heteroatoms. The third kappa shape index (κ3) is 6.58. The maximum atomic E-state index is 14.4. The summed E-state index contributed by atoms with van der Waals surface area (Å²) < 4.78 is 72.9. The maximum absolute atomic E-state index is 14.4. The van der Waals surface area contributed by atoms with Gasteiger partial charge in [0.15, 0.2) is 17.5 Å². The summed E-state index contributed by atoms with van der Waals surface area (Å²) in [7, 11) is 0. The Labute approximate surface area is 171 Å². The molecular formula is C23H33F5O. The average Bonchev–Trinajstić information content (AvgIpc) is 2.67. The molecule has 1 fully saturated rings. The first-order valence-electron chi connectivity index (χ1n) is 10.9. The van der Waals surface area contributed by atoms with E-state index in [0.717, 1.165) is 12.3 Å². The van der Waals surface area contributed by atoms with Crippen LogP contribution in [0.4, 0.5) is 22.0 Å². The Morgan fingerprint density at radius 2 is 1.59 bits per heavy atom. The van der Waals surface area contributed by atoms with Crippen LogP contribution in [0.1, 0.15) is 78.6 Å². The largest absolute Gasteiger partial charge is 0.432 e. The van der Waals surface area contributed by atoms with E-state index in [1.165, 1.54) is 45.4 Å². The van der Waals surface area contributed by atoms with E-state index in [1.807, 2.05) is 0 Å². The van der Waals surface area contributed by atoms with Crippen molar-refractivity contribution in [3.8, 4) is 5.75 Å². The molecule has 1 saturated carbocycles. The highest BCUT2D eigenvalue weighted by Crippen LogP contribution is 2.40. The lowest BCUT2D eigenvalue weighted by Gasteiger charge is -2.34. The molecule has 0 N–H and O–H groups in total. The summed E-state index contributed by atoms with van der Waals surface area (Å²) in [5, 5.41) is 0. The van der Waals surface area contributed by atoms with Crippen LogP contribution in [0.15, 0.2) is 12.1 Å². The number of rotatable bonds is 10. The van der Waals surface area contributed by atoms with E-state index in [2.05, 4.69) is 18.6 Å². The number of ether oxygens (including phenoxy) is 1. The van der Waals surface area contributed by atoms with Gasteiger partial charge < -0.3 is 4.74 Å². The van der Waals surface area contributed by atoms with Crippen LogP contribution in [0, 0.1) is 41.1 Å². The van der Waals surface area contributed by atoms with Crippen LogP contribution in [0.3, 0.4) is 0 Å². The Bertz CT molecular complexity index is 617. The molecule has 1 nitrogen and oxygen atoms in total. The quantitative estimate of drug-likeness (QED) is 0.274. The summed E-state index contributed by atoms with van der Waals surface area (Å²) in [4.78, 5) is 0. The van der Waals surface area contributed by atoms with Crippen LogP contribution < -0.4 is 4.74 Å². The lowest BCUT2D eigenvalue weighted by Crippen LogP contribution is -2.34. The molecule has 1 aliphatic carbocycles. The Kier molecular flexibility index (Phi) is 8.77. The van der Waals surface area contributed by atoms with Crippen molar-refractivity contribution in [3.63, 3.8) is 0 Å². The van der Waals surface area contributed by atoms with E-state index in [1.54, 1.807) is 0 Å². The highest BCUT2D eigenvalue weighted by atomic mass is 19.3. The predicted molar refractivity (Wildman–Crippen MR) is 104 cm³/mol. The summed E-state index contributed by atoms with van der Waals surface area (Å²) in [6, 6.07) is 0.894. The Hall–Kier alpha value is -1.33. The molecule has 0 spiro atoms. The summed E-state index contributed by atoms with van der Waals surface area (Å²) >= 11 is 0. The van der Waals surface area contributed by atoms with E-state index in [0.29, 0.717) is 30.4 Å². The highest BCUT2D eigenvalue weighted by Gasteiger charge is 2.40. The number of hydrogen-bond donors (Lipinski definition) is 0. The SMILES string of the molecule is CCCC1CCC(C(CC)CCC(C)C(F)(F)Oc2cc(F)c(F)c(F)c2)CC1. The van der Waals surface area contributed by atoms with Crippen molar-refractivity contribution in [2.24, 2.45) is 23.7 Å². The van der Waals surface area contributed by atoms with Gasteiger partial charge in [-0.2, -0.15) is 8.78 Å². The second-order valence-corrected chi connectivity index (χ2v) is 8.58. The van der Waals surface area contributed by atoms with Crippen LogP contribution in [0.5, 0.6) is 5.75 Å². The van der Waals surface area contributed by atoms with Gasteiger partial charge >= 0.3 is 6.11 Å². The molecule has 0 bridgehead atoms. The van der Waals surface area contributed by atoms with Crippen molar-refractivity contribution < 1.29 is 26.7 Å². The zero-order valence-electron chi connectivity index (χ0n) is 17.6. The molecule has 1 aliphatic rings. The lowest BCUT2D eigenvalue weighted by atomic mass is 9.72. The van der Waals surface area contributed by atoms with Gasteiger partial charge in [0.1, 0.15) is 5.75 Å². The maximum Gasteiger partial charge on any atom is 0.400 e. The van der Waals surface area contributed by atoms with Crippen molar-refractivity contribution in [2.75, 3.05) is 0 Å². The number of benzene rings is 1. The van der Waals surface area contributed by atoms with E-state index < -0.39 is 35.2 Å². The van der Waals surface area contributed by atoms with E-state index in [4.69, 9.17) is 0 Å². The minimum atomic E-state index is -3.59. The third-order valence-electron chi connectivity index (χ3n) is 6.53. The molecule has 0 heterocycles. The third-order valence-corrected chi connectivity index (χ3v) is 6.53. The molecule has 0 radical (unpaired) electrons. The molecule has 2 rings (SSSR count). The summed E-state index contributed by atoms with van der Waals surface area (Å²) in [5.74, 6) is -4.84. The van der Waals surface area contributed by atoms with Crippen molar-refractivity contribution in [3.05, 3.63) is 29.6 Å². The van der Waals surface area contributed by atoms with Gasteiger partial charge in [-0.3, -0.25) is 0 Å². The Morgan fingerprint density at radius 3 is 2.10 bits per heavy atom. The first-order valence-corrected chi connectivity index (χ1v) is 10.9. The van der Waals surface area contributed by atoms with Gasteiger partial charge in [-0.15, -0.1) is 0 Å². The first kappa shape index (κ1) is 23.9. The topological polar surface area (TPSA) is 9.23 Å². The number of hydrogen-bond acceptors (Lipinski definition) is 1. The van der Waals surface area contributed by atoms with E-state index in [-0.39, 0.29) is 6.42 Å². The Balaban J connectivity index is 1.89. The van der Waals surface area contributed by atoms with Crippen molar-refractivity contribution in [2.45, 2.75) is 84.7 Å². The highest BCUT2D eigenvalue weighted by molar-refractivity contribution is 5.25. The van der Waals surface area contributed by atoms with Crippen LogP contribution in [-0.4, -0.2) is 6.11 Å². The molecule has 0 saturated heterocycles. The predicted octanol–water partition coefficient (Wildman–Crippen LogP) is 8.12. The van der Waals surface area contributed by atoms with Gasteiger partial charge in [0.05, 0.1) is 5.92 Å². The normalized spacial score (nSPS) is 22.3. The lowest BCUT2D eigenvalue weighted by molar-refractivity contribution is -0.214. The smallest absolute Gasteiger partial charge is 0.400 e. The fraction of sp³-hybridized carbons (Fsp3) is 0.739. The van der Waals surface area contributed by atoms with Crippen LogP contribution in [0.2, 0.25) is 0 Å². The van der Waals surface area contributed by atoms with Crippen LogP contribution in [0.25, 0.3) is 0 Å². The van der Waals surface area contributed by atoms with Crippen molar-refractivity contribution >= 4 is 0 Å². The number of alkyl halides is 2. The van der Waals surface area contributed by atoms with Crippen LogP contribution >= 0.6 is 0 Å². The van der Waals surface area contributed by atoms with E-state index in [9.17, 15) is 22.0 Å². The van der Waals surface area contributed by atoms with Crippen molar-refractivity contribution in [1.82, 2.24) is 0 Å². The first-order chi connectivity index (χ1) is 13.7. The molecule has 0 aromatic heterocycles. The Morgan fingerprint density at radius 1 is 1.00 bits per heavy atom. The zero-order chi connectivity index (χ0) is 21.6. The monoisotopic (exact) mass is 420 g/mol. The fourth-order valence-electron chi connectivity index (χ4n) is 4.61. The minimum Gasteiger partial charge on any atom is -0.432 e. The van der Waals surface area contributed by atoms with Gasteiger partial charge in [-0.25, -0.2) is 13.2 Å². The van der Waals surface area contributed by atoms with Gasteiger partial charge in [0.25, 0.3) is 0 Å². The molecule has 1 aromatic rings. The van der Waals surface area contributed by atoms with Gasteiger partial charge in [-0.1, -0.05) is 52.9 Å². The molecule has 2 unspecified atom stereocenters. The van der Waals surface area contributed by atoms with Crippen molar-refractivity contribution in [1.29, 1.82) is 0 Å². The zero-order valence-corrected chi connectivity index (χ0v) is 17.6. The fourth-order valence-corrected chi connectivity index (χ4v) is 4.61. The molecule has 0 amide bonds. The average molecular weight is 421 g/mol. The standard InChI is InChI=1S/C23H33F5O/c1-4-6-16-8-11-18(12-9-16)17(5-2)10-7-15(3)23(27,28)29-19-13-20(24)22(26)21(25)14-19/h13-18H,4-12H2,1-3H3. The molecule has 166 valence electrons. The summed E-state index contributed by atoms with van der Waals surface area (Å²) in [5.41, 5.74) is 0.